The maximum atomic E-state index is 14.8. The van der Waals surface area contributed by atoms with Gasteiger partial charge in [-0.25, -0.2) is 8.78 Å². The van der Waals surface area contributed by atoms with Crippen LogP contribution < -0.4 is 5.32 Å². The number of carbonyl (C=O) groups is 1. The fourth-order valence-corrected chi connectivity index (χ4v) is 3.71. The highest BCUT2D eigenvalue weighted by Gasteiger charge is 2.23. The fraction of sp³-hybridized carbons (Fsp3) is 0.154. The number of aliphatic imine (C=N–C) groups is 1. The average molecular weight is 432 g/mol. The first-order chi connectivity index (χ1) is 15.5. The summed E-state index contributed by atoms with van der Waals surface area (Å²) >= 11 is 0. The average Bonchev–Trinajstić information content (AvgIpc) is 3.29. The van der Waals surface area contributed by atoms with Crippen molar-refractivity contribution in [3.8, 4) is 0 Å². The quantitative estimate of drug-likeness (QED) is 0.588. The Morgan fingerprint density at radius 3 is 2.47 bits per heavy atom. The molecule has 3 aromatic carbocycles. The monoisotopic (exact) mass is 432 g/mol. The Bertz CT molecular complexity index is 1170. The Kier molecular flexibility index (Phi) is 6.52. The van der Waals surface area contributed by atoms with E-state index in [1.54, 1.807) is 18.2 Å². The Morgan fingerprint density at radius 1 is 1.00 bits per heavy atom. The SMILES string of the molecule is O=C(N[C@@H](CO)Cc1ccccc1)c1cccc(F)c1C1=NCC(c2ccc(F)cc2)=C1. The van der Waals surface area contributed by atoms with Crippen LogP contribution in [-0.4, -0.2) is 35.9 Å². The zero-order valence-electron chi connectivity index (χ0n) is 17.3. The molecule has 1 aliphatic heterocycles. The van der Waals surface area contributed by atoms with Crippen LogP contribution in [-0.2, 0) is 6.42 Å². The maximum absolute atomic E-state index is 14.8. The molecule has 0 aromatic heterocycles. The van der Waals surface area contributed by atoms with E-state index in [0.29, 0.717) is 18.7 Å². The summed E-state index contributed by atoms with van der Waals surface area (Å²) in [5.41, 5.74) is 3.18. The molecular formula is C26H22F2N2O2. The third-order valence-corrected chi connectivity index (χ3v) is 5.34. The number of allylic oxidation sites excluding steroid dienone is 1. The fourth-order valence-electron chi connectivity index (χ4n) is 3.71. The molecule has 1 atom stereocenters. The topological polar surface area (TPSA) is 61.7 Å². The molecular weight excluding hydrogens is 410 g/mol. The smallest absolute Gasteiger partial charge is 0.252 e. The Morgan fingerprint density at radius 2 is 1.75 bits per heavy atom. The van der Waals surface area contributed by atoms with Crippen LogP contribution >= 0.6 is 0 Å². The number of nitrogens with zero attached hydrogens (tertiary/aromatic N) is 1. The number of hydrogen-bond acceptors (Lipinski definition) is 3. The number of rotatable bonds is 7. The van der Waals surface area contributed by atoms with Gasteiger partial charge in [0, 0.05) is 5.56 Å². The van der Waals surface area contributed by atoms with Gasteiger partial charge in [-0.15, -0.1) is 0 Å². The molecule has 1 amide bonds. The number of amides is 1. The van der Waals surface area contributed by atoms with Gasteiger partial charge in [-0.2, -0.15) is 0 Å². The molecule has 4 nitrogen and oxygen atoms in total. The molecule has 1 aliphatic rings. The standard InChI is InChI=1S/C26H22F2N2O2/c27-20-11-9-18(10-12-20)19-14-24(29-15-19)25-22(7-4-8-23(25)28)26(32)30-21(16-31)13-17-5-2-1-3-6-17/h1-12,14,21,31H,13,15-16H2,(H,30,32)/t21-/m1/s1. The lowest BCUT2D eigenvalue weighted by molar-refractivity contribution is 0.0916. The van der Waals surface area contributed by atoms with Gasteiger partial charge in [0.05, 0.1) is 30.5 Å². The predicted octanol–water partition coefficient (Wildman–Crippen LogP) is 4.18. The van der Waals surface area contributed by atoms with Crippen molar-refractivity contribution in [1.82, 2.24) is 5.32 Å². The first-order valence-electron chi connectivity index (χ1n) is 10.3. The summed E-state index contributed by atoms with van der Waals surface area (Å²) < 4.78 is 28.0. The second kappa shape index (κ2) is 9.66. The van der Waals surface area contributed by atoms with Crippen molar-refractivity contribution in [2.75, 3.05) is 13.2 Å². The lowest BCUT2D eigenvalue weighted by Gasteiger charge is -2.18. The van der Waals surface area contributed by atoms with Crippen LogP contribution in [0.4, 0.5) is 8.78 Å². The van der Waals surface area contributed by atoms with E-state index in [-0.39, 0.29) is 23.6 Å². The minimum atomic E-state index is -0.559. The van der Waals surface area contributed by atoms with Gasteiger partial charge in [-0.1, -0.05) is 48.5 Å². The number of hydrogen-bond donors (Lipinski definition) is 2. The number of aliphatic hydroxyl groups is 1. The second-order valence-electron chi connectivity index (χ2n) is 7.58. The first-order valence-corrected chi connectivity index (χ1v) is 10.3. The van der Waals surface area contributed by atoms with Gasteiger partial charge in [-0.05, 0) is 53.5 Å². The summed E-state index contributed by atoms with van der Waals surface area (Å²) in [6.45, 7) is 0.0600. The summed E-state index contributed by atoms with van der Waals surface area (Å²) in [4.78, 5) is 17.4. The van der Waals surface area contributed by atoms with Crippen LogP contribution in [0.1, 0.15) is 27.0 Å². The van der Waals surface area contributed by atoms with Gasteiger partial charge in [-0.3, -0.25) is 9.79 Å². The third kappa shape index (κ3) is 4.81. The van der Waals surface area contributed by atoms with E-state index in [9.17, 15) is 18.7 Å². The highest BCUT2D eigenvalue weighted by molar-refractivity contribution is 6.19. The van der Waals surface area contributed by atoms with Crippen molar-refractivity contribution in [1.29, 1.82) is 0 Å². The van der Waals surface area contributed by atoms with Crippen molar-refractivity contribution in [3.05, 3.63) is 113 Å². The largest absolute Gasteiger partial charge is 0.394 e. The molecule has 0 radical (unpaired) electrons. The molecule has 32 heavy (non-hydrogen) atoms. The predicted molar refractivity (Wildman–Crippen MR) is 121 cm³/mol. The van der Waals surface area contributed by atoms with E-state index in [0.717, 1.165) is 16.7 Å². The van der Waals surface area contributed by atoms with Gasteiger partial charge in [0.2, 0.25) is 0 Å². The van der Waals surface area contributed by atoms with Crippen molar-refractivity contribution < 1.29 is 18.7 Å². The Labute approximate surface area is 185 Å². The van der Waals surface area contributed by atoms with Gasteiger partial charge in [0.15, 0.2) is 0 Å². The maximum Gasteiger partial charge on any atom is 0.252 e. The summed E-state index contributed by atoms with van der Waals surface area (Å²) in [6, 6.07) is 19.3. The van der Waals surface area contributed by atoms with Crippen LogP contribution in [0.2, 0.25) is 0 Å². The van der Waals surface area contributed by atoms with E-state index in [2.05, 4.69) is 10.3 Å². The molecule has 0 saturated heterocycles. The van der Waals surface area contributed by atoms with E-state index in [1.165, 1.54) is 30.3 Å². The normalized spacial score (nSPS) is 14.0. The molecule has 162 valence electrons. The summed E-state index contributed by atoms with van der Waals surface area (Å²) in [5.74, 6) is -1.38. The minimum Gasteiger partial charge on any atom is -0.394 e. The molecule has 0 saturated carbocycles. The van der Waals surface area contributed by atoms with Gasteiger partial charge < -0.3 is 10.4 Å². The third-order valence-electron chi connectivity index (χ3n) is 5.34. The molecule has 3 aromatic rings. The molecule has 0 unspecified atom stereocenters. The molecule has 2 N–H and O–H groups in total. The lowest BCUT2D eigenvalue weighted by Crippen LogP contribution is -2.39. The first kappa shape index (κ1) is 21.6. The number of aliphatic hydroxyl groups excluding tert-OH is 1. The van der Waals surface area contributed by atoms with Crippen LogP contribution in [0.3, 0.4) is 0 Å². The van der Waals surface area contributed by atoms with Crippen molar-refractivity contribution in [3.63, 3.8) is 0 Å². The molecule has 1 heterocycles. The van der Waals surface area contributed by atoms with Crippen molar-refractivity contribution in [2.24, 2.45) is 4.99 Å². The second-order valence-corrected chi connectivity index (χ2v) is 7.58. The number of benzene rings is 3. The zero-order valence-corrected chi connectivity index (χ0v) is 17.3. The zero-order chi connectivity index (χ0) is 22.5. The summed E-state index contributed by atoms with van der Waals surface area (Å²) in [6.07, 6.45) is 2.17. The highest BCUT2D eigenvalue weighted by atomic mass is 19.1. The van der Waals surface area contributed by atoms with Gasteiger partial charge in [0.25, 0.3) is 5.91 Å². The van der Waals surface area contributed by atoms with Gasteiger partial charge in [0.1, 0.15) is 11.6 Å². The number of halogens is 2. The lowest BCUT2D eigenvalue weighted by atomic mass is 9.98. The minimum absolute atomic E-state index is 0.110. The molecule has 0 aliphatic carbocycles. The van der Waals surface area contributed by atoms with E-state index in [1.807, 2.05) is 30.3 Å². The van der Waals surface area contributed by atoms with Crippen molar-refractivity contribution in [2.45, 2.75) is 12.5 Å². The van der Waals surface area contributed by atoms with Crippen LogP contribution in [0.5, 0.6) is 0 Å². The van der Waals surface area contributed by atoms with Gasteiger partial charge >= 0.3 is 0 Å². The molecule has 4 rings (SSSR count). The van der Waals surface area contributed by atoms with Crippen LogP contribution in [0, 0.1) is 11.6 Å². The Balaban J connectivity index is 1.58. The van der Waals surface area contributed by atoms with E-state index < -0.39 is 17.8 Å². The number of carbonyl (C=O) groups excluding carboxylic acids is 1. The highest BCUT2D eigenvalue weighted by Crippen LogP contribution is 2.25. The molecule has 0 bridgehead atoms. The van der Waals surface area contributed by atoms with Crippen LogP contribution in [0.15, 0.2) is 83.9 Å². The Hall–Kier alpha value is -3.64. The van der Waals surface area contributed by atoms with Crippen LogP contribution in [0.25, 0.3) is 5.57 Å². The molecule has 6 heteroatoms. The van der Waals surface area contributed by atoms with E-state index >= 15 is 0 Å². The number of nitrogens with one attached hydrogen (secondary N) is 1. The van der Waals surface area contributed by atoms with Crippen molar-refractivity contribution >= 4 is 17.2 Å². The molecule has 0 spiro atoms. The summed E-state index contributed by atoms with van der Waals surface area (Å²) in [5, 5.41) is 12.5. The van der Waals surface area contributed by atoms with E-state index in [4.69, 9.17) is 0 Å². The summed E-state index contributed by atoms with van der Waals surface area (Å²) in [7, 11) is 0. The molecule has 0 fully saturated rings.